The van der Waals surface area contributed by atoms with Crippen LogP contribution in [0.25, 0.3) is 0 Å². The molecule has 0 bridgehead atoms. The molecular formula is C21H24N2O4. The number of nitrogens with zero attached hydrogens (tertiary/aromatic N) is 1. The molecule has 1 amide bonds. The van der Waals surface area contributed by atoms with Crippen LogP contribution in [0, 0.1) is 0 Å². The third-order valence-corrected chi connectivity index (χ3v) is 4.53. The van der Waals surface area contributed by atoms with E-state index in [0.29, 0.717) is 11.3 Å². The molecule has 1 aliphatic rings. The third-order valence-electron chi connectivity index (χ3n) is 4.53. The Morgan fingerprint density at radius 1 is 1.04 bits per heavy atom. The molecule has 142 valence electrons. The number of carbonyl (C=O) groups is 2. The minimum absolute atomic E-state index is 0.195. The van der Waals surface area contributed by atoms with Crippen molar-refractivity contribution in [3.05, 3.63) is 54.1 Å². The Bertz CT molecular complexity index is 800. The van der Waals surface area contributed by atoms with E-state index in [-0.39, 0.29) is 12.5 Å². The van der Waals surface area contributed by atoms with E-state index in [4.69, 9.17) is 4.74 Å². The molecule has 2 aromatic rings. The number of para-hydroxylation sites is 2. The average molecular weight is 368 g/mol. The summed E-state index contributed by atoms with van der Waals surface area (Å²) in [6.45, 7) is 1.81. The summed E-state index contributed by atoms with van der Waals surface area (Å²) in [4.78, 5) is 26.2. The van der Waals surface area contributed by atoms with E-state index in [1.165, 1.54) is 26.4 Å². The fourth-order valence-electron chi connectivity index (χ4n) is 3.11. The second-order valence-corrected chi connectivity index (χ2v) is 6.41. The molecule has 1 fully saturated rings. The Morgan fingerprint density at radius 2 is 1.81 bits per heavy atom. The van der Waals surface area contributed by atoms with Crippen LogP contribution in [0.4, 0.5) is 11.4 Å². The van der Waals surface area contributed by atoms with Crippen molar-refractivity contribution < 1.29 is 19.1 Å². The zero-order valence-corrected chi connectivity index (χ0v) is 15.4. The highest BCUT2D eigenvalue weighted by atomic mass is 16.6. The van der Waals surface area contributed by atoms with Gasteiger partial charge in [0.2, 0.25) is 0 Å². The largest absolute Gasteiger partial charge is 0.482 e. The summed E-state index contributed by atoms with van der Waals surface area (Å²) in [5.74, 6) is -0.249. The molecule has 6 heteroatoms. The number of hydrogen-bond acceptors (Lipinski definition) is 5. The van der Waals surface area contributed by atoms with Gasteiger partial charge in [0.25, 0.3) is 5.91 Å². The number of amides is 1. The molecule has 0 radical (unpaired) electrons. The lowest BCUT2D eigenvalue weighted by Crippen LogP contribution is -2.30. The van der Waals surface area contributed by atoms with E-state index in [9.17, 15) is 9.59 Å². The topological polar surface area (TPSA) is 67.9 Å². The number of carbonyl (C=O) groups excluding carboxylic acids is 2. The second kappa shape index (κ2) is 9.07. The lowest BCUT2D eigenvalue weighted by atomic mass is 10.1. The van der Waals surface area contributed by atoms with Crippen LogP contribution in [0.15, 0.2) is 48.5 Å². The number of nitrogens with one attached hydrogen (secondary N) is 1. The van der Waals surface area contributed by atoms with E-state index >= 15 is 0 Å². The van der Waals surface area contributed by atoms with Gasteiger partial charge in [-0.15, -0.1) is 0 Å². The lowest BCUT2D eigenvalue weighted by Gasteiger charge is -2.30. The van der Waals surface area contributed by atoms with E-state index in [0.717, 1.165) is 24.5 Å². The fourth-order valence-corrected chi connectivity index (χ4v) is 3.11. The first-order chi connectivity index (χ1) is 13.2. The van der Waals surface area contributed by atoms with E-state index in [1.54, 1.807) is 24.3 Å². The van der Waals surface area contributed by atoms with Gasteiger partial charge in [0, 0.05) is 18.7 Å². The van der Waals surface area contributed by atoms with Crippen LogP contribution in [0.1, 0.15) is 29.6 Å². The maximum atomic E-state index is 12.7. The predicted octanol–water partition coefficient (Wildman–Crippen LogP) is 3.48. The van der Waals surface area contributed by atoms with E-state index in [2.05, 4.69) is 15.0 Å². The Hall–Kier alpha value is -3.02. The summed E-state index contributed by atoms with van der Waals surface area (Å²) in [5, 5.41) is 3.00. The number of esters is 1. The Balaban J connectivity index is 1.71. The van der Waals surface area contributed by atoms with E-state index in [1.807, 2.05) is 24.3 Å². The highest BCUT2D eigenvalue weighted by molar-refractivity contribution is 6.06. The van der Waals surface area contributed by atoms with Crippen molar-refractivity contribution in [2.75, 3.05) is 37.0 Å². The van der Waals surface area contributed by atoms with Crippen LogP contribution in [0.2, 0.25) is 0 Å². The molecule has 1 N–H and O–H groups in total. The number of anilines is 2. The van der Waals surface area contributed by atoms with Gasteiger partial charge in [0.05, 0.1) is 18.5 Å². The van der Waals surface area contributed by atoms with Crippen LogP contribution in [0.3, 0.4) is 0 Å². The number of hydrogen-bond donors (Lipinski definition) is 1. The molecule has 27 heavy (non-hydrogen) atoms. The molecule has 0 spiro atoms. The number of ether oxygens (including phenoxy) is 2. The average Bonchev–Trinajstić information content (AvgIpc) is 2.73. The summed E-state index contributed by atoms with van der Waals surface area (Å²) in [5.41, 5.74) is 2.31. The Kier molecular flexibility index (Phi) is 6.30. The molecular weight excluding hydrogens is 344 g/mol. The minimum Gasteiger partial charge on any atom is -0.482 e. The maximum Gasteiger partial charge on any atom is 0.343 e. The van der Waals surface area contributed by atoms with Gasteiger partial charge in [0.15, 0.2) is 6.61 Å². The summed E-state index contributed by atoms with van der Waals surface area (Å²) < 4.78 is 9.91. The molecule has 6 nitrogen and oxygen atoms in total. The number of piperidine rings is 1. The summed E-state index contributed by atoms with van der Waals surface area (Å²) >= 11 is 0. The molecule has 0 saturated carbocycles. The van der Waals surface area contributed by atoms with Crippen LogP contribution in [-0.4, -0.2) is 38.7 Å². The summed E-state index contributed by atoms with van der Waals surface area (Å²) in [6.07, 6.45) is 3.59. The number of rotatable bonds is 6. The predicted molar refractivity (Wildman–Crippen MR) is 104 cm³/mol. The van der Waals surface area contributed by atoms with Crippen LogP contribution >= 0.6 is 0 Å². The highest BCUT2D eigenvalue weighted by Gasteiger charge is 2.16. The molecule has 1 aliphatic heterocycles. The first-order valence-electron chi connectivity index (χ1n) is 9.12. The summed E-state index contributed by atoms with van der Waals surface area (Å²) in [6, 6.07) is 14.6. The first-order valence-corrected chi connectivity index (χ1v) is 9.12. The molecule has 3 rings (SSSR count). The van der Waals surface area contributed by atoms with Gasteiger partial charge in [-0.25, -0.2) is 4.79 Å². The molecule has 0 aliphatic carbocycles. The van der Waals surface area contributed by atoms with Gasteiger partial charge in [-0.2, -0.15) is 0 Å². The zero-order chi connectivity index (χ0) is 19.1. The van der Waals surface area contributed by atoms with Gasteiger partial charge in [0.1, 0.15) is 5.75 Å². The molecule has 0 atom stereocenters. The van der Waals surface area contributed by atoms with Crippen molar-refractivity contribution in [2.24, 2.45) is 0 Å². The summed E-state index contributed by atoms with van der Waals surface area (Å²) in [7, 11) is 1.30. The van der Waals surface area contributed by atoms with Gasteiger partial charge in [-0.05, 0) is 49.6 Å². The highest BCUT2D eigenvalue weighted by Crippen LogP contribution is 2.28. The maximum absolute atomic E-state index is 12.7. The van der Waals surface area contributed by atoms with Gasteiger partial charge >= 0.3 is 5.97 Å². The molecule has 1 saturated heterocycles. The monoisotopic (exact) mass is 368 g/mol. The first kappa shape index (κ1) is 18.8. The van der Waals surface area contributed by atoms with Crippen molar-refractivity contribution in [1.29, 1.82) is 0 Å². The minimum atomic E-state index is -0.472. The van der Waals surface area contributed by atoms with Gasteiger partial charge in [-0.3, -0.25) is 4.79 Å². The van der Waals surface area contributed by atoms with Crippen molar-refractivity contribution in [3.63, 3.8) is 0 Å². The van der Waals surface area contributed by atoms with Gasteiger partial charge in [-0.1, -0.05) is 18.2 Å². The molecule has 0 aromatic heterocycles. The Labute approximate surface area is 159 Å². The number of methoxy groups -OCH3 is 1. The quantitative estimate of drug-likeness (QED) is 0.791. The van der Waals surface area contributed by atoms with Crippen molar-refractivity contribution in [3.8, 4) is 5.75 Å². The smallest absolute Gasteiger partial charge is 0.343 e. The third kappa shape index (κ3) is 5.00. The number of benzene rings is 2. The Morgan fingerprint density at radius 3 is 2.59 bits per heavy atom. The van der Waals surface area contributed by atoms with Crippen molar-refractivity contribution in [2.45, 2.75) is 19.3 Å². The van der Waals surface area contributed by atoms with Gasteiger partial charge < -0.3 is 19.7 Å². The molecule has 2 aromatic carbocycles. The van der Waals surface area contributed by atoms with E-state index < -0.39 is 5.97 Å². The van der Waals surface area contributed by atoms with Crippen LogP contribution < -0.4 is 15.0 Å². The lowest BCUT2D eigenvalue weighted by molar-refractivity contribution is -0.142. The zero-order valence-electron chi connectivity index (χ0n) is 15.4. The second-order valence-electron chi connectivity index (χ2n) is 6.41. The normalized spacial score (nSPS) is 13.7. The fraction of sp³-hybridized carbons (Fsp3) is 0.333. The van der Waals surface area contributed by atoms with Crippen molar-refractivity contribution in [1.82, 2.24) is 0 Å². The van der Waals surface area contributed by atoms with Crippen LogP contribution in [-0.2, 0) is 9.53 Å². The molecule has 1 heterocycles. The standard InChI is InChI=1S/C21H24N2O4/c1-26-20(24)15-27-17-9-7-8-16(14-17)21(25)22-18-10-3-4-11-19(18)23-12-5-2-6-13-23/h3-4,7-11,14H,2,5-6,12-13,15H2,1H3,(H,22,25). The molecule has 0 unspecified atom stereocenters. The van der Waals surface area contributed by atoms with Crippen molar-refractivity contribution >= 4 is 23.3 Å². The SMILES string of the molecule is COC(=O)COc1cccc(C(=O)Nc2ccccc2N2CCCCC2)c1. The van der Waals surface area contributed by atoms with Crippen LogP contribution in [0.5, 0.6) is 5.75 Å².